The molecule has 3 fully saturated rings. The average Bonchev–Trinajstić information content (AvgIpc) is 2.88. The largest absolute Gasteiger partial charge is 0.459 e. The van der Waals surface area contributed by atoms with Crippen molar-refractivity contribution in [3.05, 3.63) is 12.7 Å². The number of carbonyl (C=O) groups excluding carboxylic acids is 2. The number of ether oxygens (including phenoxy) is 2. The van der Waals surface area contributed by atoms with E-state index in [0.29, 0.717) is 12.8 Å². The molecule has 0 bridgehead atoms. The van der Waals surface area contributed by atoms with E-state index in [-0.39, 0.29) is 6.42 Å². The van der Waals surface area contributed by atoms with Gasteiger partial charge < -0.3 is 24.8 Å². The van der Waals surface area contributed by atoms with Crippen LogP contribution < -0.4 is 0 Å². The highest BCUT2D eigenvalue weighted by molar-refractivity contribution is 5.93. The Morgan fingerprint density at radius 2 is 1.83 bits per heavy atom. The maximum Gasteiger partial charge on any atom is 0.303 e. The minimum atomic E-state index is -2.11. The van der Waals surface area contributed by atoms with Gasteiger partial charge in [0.2, 0.25) is 0 Å². The van der Waals surface area contributed by atoms with Gasteiger partial charge in [-0.05, 0) is 32.1 Å². The van der Waals surface area contributed by atoms with E-state index >= 15 is 0 Å². The molecule has 164 valence electrons. The van der Waals surface area contributed by atoms with Crippen molar-refractivity contribution < 1.29 is 34.4 Å². The zero-order valence-electron chi connectivity index (χ0n) is 18.2. The lowest BCUT2D eigenvalue weighted by Crippen LogP contribution is -2.83. The van der Waals surface area contributed by atoms with Crippen LogP contribution in [0.25, 0.3) is 0 Å². The Labute approximate surface area is 172 Å². The Balaban J connectivity index is 2.34. The van der Waals surface area contributed by atoms with Crippen LogP contribution >= 0.6 is 0 Å². The van der Waals surface area contributed by atoms with Crippen LogP contribution in [0.3, 0.4) is 0 Å². The van der Waals surface area contributed by atoms with Crippen LogP contribution in [0.4, 0.5) is 0 Å². The molecule has 2 aliphatic carbocycles. The third-order valence-electron chi connectivity index (χ3n) is 7.95. The lowest BCUT2D eigenvalue weighted by atomic mass is 9.40. The van der Waals surface area contributed by atoms with E-state index in [1.165, 1.54) is 19.9 Å². The number of Topliss-reactive ketones (excluding diaryl/α,β-unsaturated/α-hetero) is 1. The van der Waals surface area contributed by atoms with Gasteiger partial charge in [-0.15, -0.1) is 6.58 Å². The van der Waals surface area contributed by atoms with Crippen molar-refractivity contribution in [2.45, 2.75) is 95.9 Å². The monoisotopic (exact) mass is 410 g/mol. The van der Waals surface area contributed by atoms with Gasteiger partial charge in [-0.1, -0.05) is 26.8 Å². The van der Waals surface area contributed by atoms with Gasteiger partial charge in [-0.3, -0.25) is 9.59 Å². The Hall–Kier alpha value is -1.28. The van der Waals surface area contributed by atoms with Crippen molar-refractivity contribution in [3.63, 3.8) is 0 Å². The number of hydrogen-bond acceptors (Lipinski definition) is 7. The van der Waals surface area contributed by atoms with Gasteiger partial charge in [0.15, 0.2) is 11.4 Å². The molecule has 1 aliphatic heterocycles. The average molecular weight is 411 g/mol. The molecule has 1 heterocycles. The summed E-state index contributed by atoms with van der Waals surface area (Å²) in [6, 6.07) is 0. The lowest BCUT2D eigenvalue weighted by Gasteiger charge is -2.68. The zero-order chi connectivity index (χ0) is 22.2. The molecular formula is C22H34O7. The van der Waals surface area contributed by atoms with E-state index in [9.17, 15) is 24.9 Å². The van der Waals surface area contributed by atoms with Crippen LogP contribution in [-0.2, 0) is 19.1 Å². The number of aliphatic hydroxyl groups is 3. The van der Waals surface area contributed by atoms with E-state index in [1.54, 1.807) is 13.8 Å². The van der Waals surface area contributed by atoms with Gasteiger partial charge in [-0.25, -0.2) is 0 Å². The molecule has 0 amide bonds. The fourth-order valence-corrected chi connectivity index (χ4v) is 6.60. The molecule has 7 heteroatoms. The molecule has 8 unspecified atom stereocenters. The number of esters is 1. The standard InChI is InChI=1S/C22H34O7/c1-8-19(5)11-14(25)22(29-19)20(6)13(24)9-10-18(3,4)16(20)15(28-12(2)23)17(26)21(22,7)27/h8,13,15-17,24,26-27H,1,9-11H2,2-7H3. The molecular weight excluding hydrogens is 376 g/mol. The molecule has 1 saturated heterocycles. The summed E-state index contributed by atoms with van der Waals surface area (Å²) in [5.74, 6) is -1.63. The number of aliphatic hydroxyl groups excluding tert-OH is 2. The summed E-state index contributed by atoms with van der Waals surface area (Å²) < 4.78 is 11.9. The van der Waals surface area contributed by atoms with E-state index in [4.69, 9.17) is 9.47 Å². The molecule has 0 aromatic heterocycles. The second-order valence-corrected chi connectivity index (χ2v) is 10.4. The number of hydrogen-bond donors (Lipinski definition) is 3. The maximum absolute atomic E-state index is 13.6. The Morgan fingerprint density at radius 3 is 2.31 bits per heavy atom. The van der Waals surface area contributed by atoms with Crippen LogP contribution in [-0.4, -0.2) is 62.2 Å². The summed E-state index contributed by atoms with van der Waals surface area (Å²) in [6.07, 6.45) is -1.22. The number of carbonyl (C=O) groups is 2. The number of rotatable bonds is 2. The van der Waals surface area contributed by atoms with Gasteiger partial charge in [0.25, 0.3) is 0 Å². The fraction of sp³-hybridized carbons (Fsp3) is 0.818. The van der Waals surface area contributed by atoms with Gasteiger partial charge >= 0.3 is 5.97 Å². The minimum absolute atomic E-state index is 0.0347. The Bertz CT molecular complexity index is 743. The Morgan fingerprint density at radius 1 is 1.24 bits per heavy atom. The lowest BCUT2D eigenvalue weighted by molar-refractivity contribution is -0.350. The minimum Gasteiger partial charge on any atom is -0.459 e. The third-order valence-corrected chi connectivity index (χ3v) is 7.95. The summed E-state index contributed by atoms with van der Waals surface area (Å²) in [4.78, 5) is 25.4. The molecule has 0 aromatic rings. The fourth-order valence-electron chi connectivity index (χ4n) is 6.60. The number of ketones is 1. The highest BCUT2D eigenvalue weighted by Gasteiger charge is 2.81. The predicted molar refractivity (Wildman–Crippen MR) is 105 cm³/mol. The first-order valence-corrected chi connectivity index (χ1v) is 10.2. The van der Waals surface area contributed by atoms with Crippen molar-refractivity contribution in [1.29, 1.82) is 0 Å². The van der Waals surface area contributed by atoms with Crippen LogP contribution in [0.2, 0.25) is 0 Å². The van der Waals surface area contributed by atoms with Crippen molar-refractivity contribution in [2.24, 2.45) is 16.7 Å². The molecule has 3 aliphatic rings. The molecule has 29 heavy (non-hydrogen) atoms. The summed E-state index contributed by atoms with van der Waals surface area (Å²) in [6.45, 7) is 13.7. The van der Waals surface area contributed by atoms with Crippen LogP contribution in [0, 0.1) is 16.7 Å². The SMILES string of the molecule is C=CC1(C)CC(=O)C2(O1)C(C)(O)C(O)C(OC(C)=O)C1C(C)(C)CCC(O)C12C. The van der Waals surface area contributed by atoms with Crippen molar-refractivity contribution in [3.8, 4) is 0 Å². The normalized spacial score (nSPS) is 51.6. The zero-order valence-corrected chi connectivity index (χ0v) is 18.2. The molecule has 8 atom stereocenters. The summed E-state index contributed by atoms with van der Waals surface area (Å²) in [7, 11) is 0. The van der Waals surface area contributed by atoms with Crippen molar-refractivity contribution in [1.82, 2.24) is 0 Å². The highest BCUT2D eigenvalue weighted by Crippen LogP contribution is 2.68. The van der Waals surface area contributed by atoms with Crippen molar-refractivity contribution in [2.75, 3.05) is 0 Å². The molecule has 1 spiro atoms. The van der Waals surface area contributed by atoms with Gasteiger partial charge in [0.1, 0.15) is 17.8 Å². The molecule has 0 radical (unpaired) electrons. The van der Waals surface area contributed by atoms with E-state index in [2.05, 4.69) is 6.58 Å². The number of fused-ring (bicyclic) bond motifs is 2. The second-order valence-electron chi connectivity index (χ2n) is 10.4. The van der Waals surface area contributed by atoms with Gasteiger partial charge in [0, 0.05) is 24.7 Å². The first kappa shape index (κ1) is 22.4. The molecule has 3 N–H and O–H groups in total. The molecule has 3 rings (SSSR count). The Kier molecular flexibility index (Phi) is 4.91. The second kappa shape index (κ2) is 6.36. The summed E-state index contributed by atoms with van der Waals surface area (Å²) in [5.41, 5.74) is -6.86. The summed E-state index contributed by atoms with van der Waals surface area (Å²) in [5, 5.41) is 34.1. The van der Waals surface area contributed by atoms with Gasteiger partial charge in [0.05, 0.1) is 11.7 Å². The first-order valence-electron chi connectivity index (χ1n) is 10.2. The van der Waals surface area contributed by atoms with Crippen molar-refractivity contribution >= 4 is 11.8 Å². The first-order chi connectivity index (χ1) is 13.1. The van der Waals surface area contributed by atoms with E-state index < -0.39 is 63.6 Å². The van der Waals surface area contributed by atoms with Crippen LogP contribution in [0.15, 0.2) is 12.7 Å². The molecule has 0 aromatic carbocycles. The predicted octanol–water partition coefficient (Wildman–Crippen LogP) is 1.52. The molecule has 7 nitrogen and oxygen atoms in total. The van der Waals surface area contributed by atoms with Crippen LogP contribution in [0.5, 0.6) is 0 Å². The van der Waals surface area contributed by atoms with Crippen LogP contribution in [0.1, 0.15) is 60.8 Å². The van der Waals surface area contributed by atoms with Gasteiger partial charge in [-0.2, -0.15) is 0 Å². The quantitative estimate of drug-likeness (QED) is 0.467. The topological polar surface area (TPSA) is 113 Å². The highest BCUT2D eigenvalue weighted by atomic mass is 16.6. The maximum atomic E-state index is 13.6. The third kappa shape index (κ3) is 2.63. The smallest absolute Gasteiger partial charge is 0.303 e. The summed E-state index contributed by atoms with van der Waals surface area (Å²) >= 11 is 0. The van der Waals surface area contributed by atoms with E-state index in [0.717, 1.165) is 0 Å². The van der Waals surface area contributed by atoms with E-state index in [1.807, 2.05) is 13.8 Å². The molecule has 2 saturated carbocycles.